The summed E-state index contributed by atoms with van der Waals surface area (Å²) in [6.45, 7) is 4.36. The van der Waals surface area contributed by atoms with E-state index >= 15 is 0 Å². The summed E-state index contributed by atoms with van der Waals surface area (Å²) in [7, 11) is -3.77. The normalized spacial score (nSPS) is 24.8. The molecule has 3 aliphatic rings. The van der Waals surface area contributed by atoms with E-state index in [4.69, 9.17) is 4.18 Å². The maximum atomic E-state index is 12.8. The number of hydrogen-bond acceptors (Lipinski definition) is 3. The predicted octanol–water partition coefficient (Wildman–Crippen LogP) is 5.24. The van der Waals surface area contributed by atoms with Gasteiger partial charge in [-0.25, -0.2) is 0 Å². The Morgan fingerprint density at radius 2 is 1.24 bits per heavy atom. The van der Waals surface area contributed by atoms with Crippen LogP contribution in [0.25, 0.3) is 0 Å². The SMILES string of the molecule is Cc1ccc(S(=O)(=O)OC[C@H]2C3c4ccccc4C(c4ccccc43)[C@@H]2C)cc1. The van der Waals surface area contributed by atoms with Gasteiger partial charge in [0.15, 0.2) is 0 Å². The molecular weight excluding hydrogens is 380 g/mol. The molecule has 0 N–H and O–H groups in total. The average Bonchev–Trinajstić information content (AvgIpc) is 2.73. The van der Waals surface area contributed by atoms with Crippen molar-refractivity contribution in [3.8, 4) is 0 Å². The van der Waals surface area contributed by atoms with Crippen LogP contribution in [0.1, 0.15) is 46.6 Å². The van der Waals surface area contributed by atoms with Crippen LogP contribution in [0.15, 0.2) is 77.7 Å². The zero-order valence-corrected chi connectivity index (χ0v) is 17.4. The quantitative estimate of drug-likeness (QED) is 0.558. The van der Waals surface area contributed by atoms with Crippen molar-refractivity contribution in [3.63, 3.8) is 0 Å². The van der Waals surface area contributed by atoms with E-state index < -0.39 is 10.1 Å². The molecule has 2 atom stereocenters. The minimum atomic E-state index is -3.77. The summed E-state index contributed by atoms with van der Waals surface area (Å²) in [5.41, 5.74) is 6.41. The van der Waals surface area contributed by atoms with E-state index in [0.717, 1.165) is 5.56 Å². The molecule has 0 amide bonds. The first-order valence-electron chi connectivity index (χ1n) is 10.1. The van der Waals surface area contributed by atoms with Crippen LogP contribution in [0, 0.1) is 18.8 Å². The van der Waals surface area contributed by atoms with E-state index in [9.17, 15) is 8.42 Å². The molecule has 2 bridgehead atoms. The van der Waals surface area contributed by atoms with Crippen LogP contribution in [-0.2, 0) is 14.3 Å². The molecule has 0 aromatic heterocycles. The van der Waals surface area contributed by atoms with Gasteiger partial charge in [-0.2, -0.15) is 8.42 Å². The van der Waals surface area contributed by atoms with Gasteiger partial charge in [-0.3, -0.25) is 4.18 Å². The Morgan fingerprint density at radius 3 is 1.76 bits per heavy atom. The topological polar surface area (TPSA) is 43.4 Å². The second-order valence-electron chi connectivity index (χ2n) is 8.29. The van der Waals surface area contributed by atoms with Crippen molar-refractivity contribution >= 4 is 10.1 Å². The fourth-order valence-corrected chi connectivity index (χ4v) is 6.20. The van der Waals surface area contributed by atoms with Crippen molar-refractivity contribution in [1.82, 2.24) is 0 Å². The number of fused-ring (bicyclic) bond motifs is 1. The third kappa shape index (κ3) is 2.93. The van der Waals surface area contributed by atoms with Gasteiger partial charge < -0.3 is 0 Å². The first-order chi connectivity index (χ1) is 14.0. The van der Waals surface area contributed by atoms with Crippen molar-refractivity contribution in [1.29, 1.82) is 0 Å². The molecule has 0 saturated heterocycles. The highest BCUT2D eigenvalue weighted by molar-refractivity contribution is 7.86. The smallest absolute Gasteiger partial charge is 0.266 e. The Labute approximate surface area is 172 Å². The van der Waals surface area contributed by atoms with Crippen LogP contribution in [-0.4, -0.2) is 15.0 Å². The minimum Gasteiger partial charge on any atom is -0.266 e. The molecule has 29 heavy (non-hydrogen) atoms. The lowest BCUT2D eigenvalue weighted by Crippen LogP contribution is -2.41. The van der Waals surface area contributed by atoms with Gasteiger partial charge in [0.05, 0.1) is 11.5 Å². The van der Waals surface area contributed by atoms with Gasteiger partial charge in [-0.1, -0.05) is 73.2 Å². The first kappa shape index (κ1) is 18.6. The maximum absolute atomic E-state index is 12.8. The van der Waals surface area contributed by atoms with Crippen molar-refractivity contribution in [2.75, 3.05) is 6.61 Å². The lowest BCUT2D eigenvalue weighted by atomic mass is 9.55. The summed E-state index contributed by atoms with van der Waals surface area (Å²) in [4.78, 5) is 0.220. The highest BCUT2D eigenvalue weighted by Crippen LogP contribution is 2.58. The highest BCUT2D eigenvalue weighted by Gasteiger charge is 2.48. The molecular formula is C25H24O3S. The molecule has 0 aliphatic heterocycles. The molecule has 0 heterocycles. The standard InChI is InChI=1S/C25H24O3S/c1-16-11-13-18(14-12-16)29(26,27)28-15-23-17(2)24-19-7-3-5-9-21(19)25(23)22-10-6-4-8-20(22)24/h3-14,17,23-25H,15H2,1-2H3/t17-,23-,24?,25?/m1/s1. The molecule has 3 aromatic rings. The molecule has 4 heteroatoms. The lowest BCUT2D eigenvalue weighted by molar-refractivity contribution is 0.157. The van der Waals surface area contributed by atoms with Crippen molar-refractivity contribution in [3.05, 3.63) is 101 Å². The van der Waals surface area contributed by atoms with E-state index in [2.05, 4.69) is 55.5 Å². The molecule has 3 aliphatic carbocycles. The Bertz CT molecular complexity index is 1120. The van der Waals surface area contributed by atoms with Gasteiger partial charge >= 0.3 is 0 Å². The van der Waals surface area contributed by atoms with Crippen LogP contribution in [0.3, 0.4) is 0 Å². The molecule has 0 spiro atoms. The van der Waals surface area contributed by atoms with Crippen LogP contribution >= 0.6 is 0 Å². The molecule has 6 rings (SSSR count). The summed E-state index contributed by atoms with van der Waals surface area (Å²) >= 11 is 0. The van der Waals surface area contributed by atoms with E-state index in [1.807, 2.05) is 6.92 Å². The second kappa shape index (κ2) is 6.82. The Kier molecular flexibility index (Phi) is 4.37. The van der Waals surface area contributed by atoms with Gasteiger partial charge in [-0.05, 0) is 53.1 Å². The molecule has 0 unspecified atom stereocenters. The Morgan fingerprint density at radius 1 is 0.759 bits per heavy atom. The lowest BCUT2D eigenvalue weighted by Gasteiger charge is -2.49. The van der Waals surface area contributed by atoms with Crippen LogP contribution < -0.4 is 0 Å². The minimum absolute atomic E-state index is 0.116. The maximum Gasteiger partial charge on any atom is 0.296 e. The molecule has 0 saturated carbocycles. The summed E-state index contributed by atoms with van der Waals surface area (Å²) in [5.74, 6) is 0.863. The third-order valence-electron chi connectivity index (χ3n) is 6.69. The Balaban J connectivity index is 1.50. The fraction of sp³-hybridized carbons (Fsp3) is 0.280. The van der Waals surface area contributed by atoms with E-state index in [-0.39, 0.29) is 29.3 Å². The Hall–Kier alpha value is -2.43. The van der Waals surface area contributed by atoms with Crippen LogP contribution in [0.4, 0.5) is 0 Å². The molecule has 0 radical (unpaired) electrons. The monoisotopic (exact) mass is 404 g/mol. The largest absolute Gasteiger partial charge is 0.296 e. The van der Waals surface area contributed by atoms with Crippen molar-refractivity contribution < 1.29 is 12.6 Å². The first-order valence-corrected chi connectivity index (χ1v) is 11.5. The van der Waals surface area contributed by atoms with Crippen molar-refractivity contribution in [2.45, 2.75) is 30.6 Å². The number of rotatable bonds is 4. The van der Waals surface area contributed by atoms with Gasteiger partial charge in [0.1, 0.15) is 0 Å². The van der Waals surface area contributed by atoms with E-state index in [0.29, 0.717) is 5.92 Å². The van der Waals surface area contributed by atoms with Gasteiger partial charge in [-0.15, -0.1) is 0 Å². The van der Waals surface area contributed by atoms with Gasteiger partial charge in [0, 0.05) is 11.8 Å². The average molecular weight is 405 g/mol. The van der Waals surface area contributed by atoms with Gasteiger partial charge in [0.2, 0.25) is 0 Å². The zero-order valence-electron chi connectivity index (χ0n) is 16.6. The van der Waals surface area contributed by atoms with Gasteiger partial charge in [0.25, 0.3) is 10.1 Å². The zero-order chi connectivity index (χ0) is 20.2. The molecule has 3 nitrogen and oxygen atoms in total. The highest BCUT2D eigenvalue weighted by atomic mass is 32.2. The second-order valence-corrected chi connectivity index (χ2v) is 9.90. The van der Waals surface area contributed by atoms with E-state index in [1.165, 1.54) is 22.3 Å². The third-order valence-corrected chi connectivity index (χ3v) is 7.98. The molecule has 0 fully saturated rings. The molecule has 3 aromatic carbocycles. The molecule has 148 valence electrons. The fourth-order valence-electron chi connectivity index (χ4n) is 5.26. The number of benzene rings is 3. The van der Waals surface area contributed by atoms with Crippen molar-refractivity contribution in [2.24, 2.45) is 11.8 Å². The van der Waals surface area contributed by atoms with Crippen LogP contribution in [0.5, 0.6) is 0 Å². The number of hydrogen-bond donors (Lipinski definition) is 0. The van der Waals surface area contributed by atoms with Crippen LogP contribution in [0.2, 0.25) is 0 Å². The summed E-state index contributed by atoms with van der Waals surface area (Å²) in [6, 6.07) is 24.0. The van der Waals surface area contributed by atoms with E-state index in [1.54, 1.807) is 24.3 Å². The summed E-state index contributed by atoms with van der Waals surface area (Å²) in [6.07, 6.45) is 0. The number of aryl methyl sites for hydroxylation is 1. The summed E-state index contributed by atoms with van der Waals surface area (Å²) < 4.78 is 31.2. The predicted molar refractivity (Wildman–Crippen MR) is 114 cm³/mol. The summed E-state index contributed by atoms with van der Waals surface area (Å²) in [5, 5.41) is 0.